The zero-order valence-electron chi connectivity index (χ0n) is 9.61. The molecule has 1 fully saturated rings. The van der Waals surface area contributed by atoms with E-state index in [2.05, 4.69) is 23.5 Å². The number of ether oxygens (including phenoxy) is 1. The first-order chi connectivity index (χ1) is 7.90. The van der Waals surface area contributed by atoms with Crippen molar-refractivity contribution in [2.75, 3.05) is 26.2 Å². The van der Waals surface area contributed by atoms with Crippen LogP contribution in [0.25, 0.3) is 0 Å². The van der Waals surface area contributed by atoms with Gasteiger partial charge in [0.25, 0.3) is 0 Å². The topological polar surface area (TPSA) is 47.3 Å². The number of nitrogens with one attached hydrogen (secondary N) is 1. The molecule has 0 unspecified atom stereocenters. The van der Waals surface area contributed by atoms with Crippen molar-refractivity contribution >= 4 is 0 Å². The smallest absolute Gasteiger partial charge is 0.119 e. The third kappa shape index (κ3) is 2.97. The third-order valence-corrected chi connectivity index (χ3v) is 3.06. The van der Waals surface area contributed by atoms with Crippen LogP contribution in [-0.2, 0) is 0 Å². The Bertz CT molecular complexity index is 321. The summed E-state index contributed by atoms with van der Waals surface area (Å²) in [4.78, 5) is 0. The highest BCUT2D eigenvalue weighted by Crippen LogP contribution is 2.27. The van der Waals surface area contributed by atoms with Gasteiger partial charge < -0.3 is 15.8 Å². The normalized spacial score (nSPS) is 17.3. The number of nitrogens with two attached hydrogens (primary N) is 1. The predicted molar refractivity (Wildman–Crippen MR) is 65.8 cm³/mol. The van der Waals surface area contributed by atoms with Gasteiger partial charge in [-0.15, -0.1) is 0 Å². The number of benzene rings is 1. The van der Waals surface area contributed by atoms with E-state index >= 15 is 0 Å². The first-order valence-corrected chi connectivity index (χ1v) is 6.03. The van der Waals surface area contributed by atoms with Crippen molar-refractivity contribution < 1.29 is 4.74 Å². The van der Waals surface area contributed by atoms with Crippen LogP contribution in [0.4, 0.5) is 0 Å². The van der Waals surface area contributed by atoms with Gasteiger partial charge in [0.1, 0.15) is 12.4 Å². The SMILES string of the molecule is NCCOc1cccc(C2CCNCC2)c1. The molecule has 1 aromatic carbocycles. The Kier molecular flexibility index (Phi) is 4.19. The van der Waals surface area contributed by atoms with Gasteiger partial charge in [-0.1, -0.05) is 12.1 Å². The Morgan fingerprint density at radius 3 is 2.88 bits per heavy atom. The van der Waals surface area contributed by atoms with Crippen molar-refractivity contribution in [1.82, 2.24) is 5.32 Å². The van der Waals surface area contributed by atoms with Crippen LogP contribution < -0.4 is 15.8 Å². The fourth-order valence-corrected chi connectivity index (χ4v) is 2.19. The lowest BCUT2D eigenvalue weighted by Gasteiger charge is -2.23. The summed E-state index contributed by atoms with van der Waals surface area (Å²) >= 11 is 0. The van der Waals surface area contributed by atoms with E-state index in [4.69, 9.17) is 10.5 Å². The van der Waals surface area contributed by atoms with Crippen LogP contribution >= 0.6 is 0 Å². The van der Waals surface area contributed by atoms with E-state index in [0.29, 0.717) is 19.1 Å². The maximum atomic E-state index is 5.55. The quantitative estimate of drug-likeness (QED) is 0.808. The summed E-state index contributed by atoms with van der Waals surface area (Å²) in [5.74, 6) is 1.63. The zero-order valence-corrected chi connectivity index (χ0v) is 9.61. The summed E-state index contributed by atoms with van der Waals surface area (Å²) < 4.78 is 5.55. The third-order valence-electron chi connectivity index (χ3n) is 3.06. The molecule has 0 aromatic heterocycles. The maximum absolute atomic E-state index is 5.55. The Morgan fingerprint density at radius 2 is 2.12 bits per heavy atom. The summed E-state index contributed by atoms with van der Waals surface area (Å²) in [5, 5.41) is 3.39. The molecule has 0 amide bonds. The van der Waals surface area contributed by atoms with Crippen LogP contribution in [0.1, 0.15) is 24.3 Å². The summed E-state index contributed by atoms with van der Waals surface area (Å²) in [6, 6.07) is 8.43. The molecule has 16 heavy (non-hydrogen) atoms. The lowest BCUT2D eigenvalue weighted by molar-refractivity contribution is 0.327. The van der Waals surface area contributed by atoms with Crippen LogP contribution in [-0.4, -0.2) is 26.2 Å². The second-order valence-electron chi connectivity index (χ2n) is 4.23. The molecule has 0 spiro atoms. The van der Waals surface area contributed by atoms with E-state index in [9.17, 15) is 0 Å². The lowest BCUT2D eigenvalue weighted by atomic mass is 9.90. The molecule has 0 saturated carbocycles. The van der Waals surface area contributed by atoms with E-state index in [1.54, 1.807) is 0 Å². The molecule has 88 valence electrons. The van der Waals surface area contributed by atoms with Gasteiger partial charge in [-0.3, -0.25) is 0 Å². The van der Waals surface area contributed by atoms with Gasteiger partial charge in [-0.25, -0.2) is 0 Å². The monoisotopic (exact) mass is 220 g/mol. The molecule has 0 bridgehead atoms. The Balaban J connectivity index is 2.02. The van der Waals surface area contributed by atoms with E-state index in [-0.39, 0.29) is 0 Å². The zero-order chi connectivity index (χ0) is 11.2. The predicted octanol–water partition coefficient (Wildman–Crippen LogP) is 1.49. The number of hydrogen-bond donors (Lipinski definition) is 2. The van der Waals surface area contributed by atoms with Crippen molar-refractivity contribution in [1.29, 1.82) is 0 Å². The molecule has 3 N–H and O–H groups in total. The van der Waals surface area contributed by atoms with Crippen LogP contribution in [0, 0.1) is 0 Å². The summed E-state index contributed by atoms with van der Waals surface area (Å²) in [6.45, 7) is 3.41. The molecule has 3 nitrogen and oxygen atoms in total. The van der Waals surface area contributed by atoms with Crippen molar-refractivity contribution in [2.24, 2.45) is 5.73 Å². The largest absolute Gasteiger partial charge is 0.492 e. The number of piperidine rings is 1. The van der Waals surface area contributed by atoms with Gasteiger partial charge in [0.15, 0.2) is 0 Å². The summed E-state index contributed by atoms with van der Waals surface area (Å²) in [6.07, 6.45) is 2.45. The van der Waals surface area contributed by atoms with Crippen molar-refractivity contribution in [3.63, 3.8) is 0 Å². The summed E-state index contributed by atoms with van der Waals surface area (Å²) in [5.41, 5.74) is 6.82. The summed E-state index contributed by atoms with van der Waals surface area (Å²) in [7, 11) is 0. The van der Waals surface area contributed by atoms with E-state index in [0.717, 1.165) is 18.8 Å². The van der Waals surface area contributed by atoms with Gasteiger partial charge in [-0.2, -0.15) is 0 Å². The van der Waals surface area contributed by atoms with E-state index in [1.165, 1.54) is 18.4 Å². The van der Waals surface area contributed by atoms with Gasteiger partial charge >= 0.3 is 0 Å². The molecule has 0 aliphatic carbocycles. The lowest BCUT2D eigenvalue weighted by Crippen LogP contribution is -2.26. The van der Waals surface area contributed by atoms with E-state index in [1.807, 2.05) is 6.07 Å². The molecule has 2 rings (SSSR count). The van der Waals surface area contributed by atoms with Crippen LogP contribution in [0.5, 0.6) is 5.75 Å². The molecule has 1 aromatic rings. The fraction of sp³-hybridized carbons (Fsp3) is 0.538. The van der Waals surface area contributed by atoms with Crippen LogP contribution in [0.2, 0.25) is 0 Å². The number of rotatable bonds is 4. The highest BCUT2D eigenvalue weighted by Gasteiger charge is 2.15. The Labute approximate surface area is 97.0 Å². The Morgan fingerprint density at radius 1 is 1.31 bits per heavy atom. The van der Waals surface area contributed by atoms with Gasteiger partial charge in [-0.05, 0) is 49.5 Å². The minimum Gasteiger partial charge on any atom is -0.492 e. The molecule has 1 aliphatic heterocycles. The van der Waals surface area contributed by atoms with Crippen molar-refractivity contribution in [3.8, 4) is 5.75 Å². The molecular formula is C13H20N2O. The molecular weight excluding hydrogens is 200 g/mol. The van der Waals surface area contributed by atoms with E-state index < -0.39 is 0 Å². The molecule has 1 heterocycles. The van der Waals surface area contributed by atoms with Crippen molar-refractivity contribution in [3.05, 3.63) is 29.8 Å². The first-order valence-electron chi connectivity index (χ1n) is 6.03. The first kappa shape index (κ1) is 11.4. The van der Waals surface area contributed by atoms with Gasteiger partial charge in [0.05, 0.1) is 0 Å². The highest BCUT2D eigenvalue weighted by atomic mass is 16.5. The minimum absolute atomic E-state index is 0.567. The molecule has 0 radical (unpaired) electrons. The number of hydrogen-bond acceptors (Lipinski definition) is 3. The molecule has 0 atom stereocenters. The second kappa shape index (κ2) is 5.87. The Hall–Kier alpha value is -1.06. The average Bonchev–Trinajstić information content (AvgIpc) is 2.38. The van der Waals surface area contributed by atoms with Gasteiger partial charge in [0, 0.05) is 6.54 Å². The second-order valence-corrected chi connectivity index (χ2v) is 4.23. The average molecular weight is 220 g/mol. The van der Waals surface area contributed by atoms with Crippen LogP contribution in [0.3, 0.4) is 0 Å². The standard InChI is InChI=1S/C13H20N2O/c14-6-9-16-13-3-1-2-12(10-13)11-4-7-15-8-5-11/h1-3,10-11,15H,4-9,14H2. The molecule has 3 heteroatoms. The molecule has 1 saturated heterocycles. The minimum atomic E-state index is 0.567. The molecule has 1 aliphatic rings. The van der Waals surface area contributed by atoms with Crippen molar-refractivity contribution in [2.45, 2.75) is 18.8 Å². The highest BCUT2D eigenvalue weighted by molar-refractivity contribution is 5.31. The maximum Gasteiger partial charge on any atom is 0.119 e. The fourth-order valence-electron chi connectivity index (χ4n) is 2.19. The van der Waals surface area contributed by atoms with Gasteiger partial charge in [0.2, 0.25) is 0 Å². The van der Waals surface area contributed by atoms with Crippen LogP contribution in [0.15, 0.2) is 24.3 Å².